The molecule has 0 aromatic carbocycles. The van der Waals surface area contributed by atoms with E-state index in [0.717, 1.165) is 25.0 Å². The largest absolute Gasteiger partial charge is 0.335 e. The number of hydrogen-bond acceptors (Lipinski definition) is 2. The molecule has 1 atom stereocenters. The third kappa shape index (κ3) is 4.78. The molecule has 1 N–H and O–H groups in total. The average Bonchev–Trinajstić information content (AvgIpc) is 2.36. The number of nitrogens with zero attached hydrogens (tertiary/aromatic N) is 1. The zero-order valence-electron chi connectivity index (χ0n) is 11.4. The predicted octanol–water partition coefficient (Wildman–Crippen LogP) is 3.10. The van der Waals surface area contributed by atoms with Gasteiger partial charge in [0.05, 0.1) is 0 Å². The van der Waals surface area contributed by atoms with Crippen molar-refractivity contribution < 1.29 is 4.79 Å². The molecule has 0 saturated heterocycles. The van der Waals surface area contributed by atoms with E-state index < -0.39 is 0 Å². The summed E-state index contributed by atoms with van der Waals surface area (Å²) in [6.45, 7) is 2.14. The summed E-state index contributed by atoms with van der Waals surface area (Å²) in [7, 11) is 1.92. The van der Waals surface area contributed by atoms with E-state index in [1.165, 1.54) is 19.3 Å². The Labute approximate surface area is 110 Å². The van der Waals surface area contributed by atoms with Gasteiger partial charge in [0.2, 0.25) is 0 Å². The Balaban J connectivity index is 2.38. The van der Waals surface area contributed by atoms with E-state index >= 15 is 0 Å². The van der Waals surface area contributed by atoms with Gasteiger partial charge in [-0.15, -0.1) is 0 Å². The van der Waals surface area contributed by atoms with Crippen LogP contribution in [0.25, 0.3) is 0 Å². The fourth-order valence-electron chi connectivity index (χ4n) is 2.39. The molecule has 0 heterocycles. The number of nitrogens with one attached hydrogen (secondary N) is 1. The lowest BCUT2D eigenvalue weighted by Crippen LogP contribution is -2.48. The maximum Gasteiger partial charge on any atom is 0.317 e. The SMILES string of the molecule is CCC(CSC)N(C)C(=O)NC1CCCCC1. The fourth-order valence-corrected chi connectivity index (χ4v) is 3.23. The van der Waals surface area contributed by atoms with Crippen LogP contribution < -0.4 is 5.32 Å². The molecule has 0 aliphatic heterocycles. The normalized spacial score (nSPS) is 18.8. The van der Waals surface area contributed by atoms with Crippen LogP contribution in [0.2, 0.25) is 0 Å². The molecule has 100 valence electrons. The first-order chi connectivity index (χ1) is 8.19. The van der Waals surface area contributed by atoms with Crippen LogP contribution in [-0.2, 0) is 0 Å². The molecule has 17 heavy (non-hydrogen) atoms. The van der Waals surface area contributed by atoms with Crippen molar-refractivity contribution in [2.75, 3.05) is 19.1 Å². The number of amides is 2. The van der Waals surface area contributed by atoms with E-state index in [1.54, 1.807) is 11.8 Å². The zero-order valence-corrected chi connectivity index (χ0v) is 12.2. The van der Waals surface area contributed by atoms with Gasteiger partial charge in [-0.3, -0.25) is 0 Å². The van der Waals surface area contributed by atoms with Crippen LogP contribution in [0.4, 0.5) is 4.79 Å². The third-order valence-corrected chi connectivity index (χ3v) is 4.35. The molecule has 1 aliphatic rings. The van der Waals surface area contributed by atoms with Gasteiger partial charge in [0.1, 0.15) is 0 Å². The highest BCUT2D eigenvalue weighted by Gasteiger charge is 2.21. The van der Waals surface area contributed by atoms with Gasteiger partial charge in [-0.1, -0.05) is 26.2 Å². The van der Waals surface area contributed by atoms with Crippen molar-refractivity contribution in [3.05, 3.63) is 0 Å². The number of hydrogen-bond donors (Lipinski definition) is 1. The Bertz CT molecular complexity index is 229. The summed E-state index contributed by atoms with van der Waals surface area (Å²) < 4.78 is 0. The van der Waals surface area contributed by atoms with Gasteiger partial charge < -0.3 is 10.2 Å². The van der Waals surface area contributed by atoms with Gasteiger partial charge in [-0.05, 0) is 25.5 Å². The molecule has 2 amide bonds. The van der Waals surface area contributed by atoms with Crippen LogP contribution in [0.1, 0.15) is 45.4 Å². The van der Waals surface area contributed by atoms with Crippen LogP contribution in [0, 0.1) is 0 Å². The molecule has 4 heteroatoms. The van der Waals surface area contributed by atoms with Gasteiger partial charge in [-0.25, -0.2) is 4.79 Å². The number of urea groups is 1. The lowest BCUT2D eigenvalue weighted by Gasteiger charge is -2.30. The third-order valence-electron chi connectivity index (χ3n) is 3.63. The first-order valence-electron chi connectivity index (χ1n) is 6.71. The predicted molar refractivity (Wildman–Crippen MR) is 75.6 cm³/mol. The Morgan fingerprint density at radius 1 is 1.41 bits per heavy atom. The number of carbonyl (C=O) groups excluding carboxylic acids is 1. The number of rotatable bonds is 5. The highest BCUT2D eigenvalue weighted by Crippen LogP contribution is 2.18. The van der Waals surface area contributed by atoms with Gasteiger partial charge in [0.25, 0.3) is 0 Å². The minimum absolute atomic E-state index is 0.109. The summed E-state index contributed by atoms with van der Waals surface area (Å²) in [6.07, 6.45) is 9.27. The van der Waals surface area contributed by atoms with Crippen molar-refractivity contribution in [1.29, 1.82) is 0 Å². The van der Waals surface area contributed by atoms with Crippen LogP contribution in [0.15, 0.2) is 0 Å². The highest BCUT2D eigenvalue weighted by atomic mass is 32.2. The Morgan fingerprint density at radius 3 is 2.59 bits per heavy atom. The summed E-state index contributed by atoms with van der Waals surface area (Å²) in [6, 6.07) is 0.872. The maximum absolute atomic E-state index is 12.1. The van der Waals surface area contributed by atoms with Gasteiger partial charge in [0, 0.05) is 24.9 Å². The van der Waals surface area contributed by atoms with Crippen LogP contribution in [0.3, 0.4) is 0 Å². The van der Waals surface area contributed by atoms with Crippen molar-refractivity contribution in [2.24, 2.45) is 0 Å². The van der Waals surface area contributed by atoms with E-state index in [1.807, 2.05) is 11.9 Å². The summed E-state index contributed by atoms with van der Waals surface area (Å²) in [5, 5.41) is 3.17. The van der Waals surface area contributed by atoms with Crippen molar-refractivity contribution in [3.8, 4) is 0 Å². The lowest BCUT2D eigenvalue weighted by atomic mass is 9.96. The quantitative estimate of drug-likeness (QED) is 0.822. The molecule has 1 aliphatic carbocycles. The molecule has 1 unspecified atom stereocenters. The van der Waals surface area contributed by atoms with E-state index in [9.17, 15) is 4.79 Å². The van der Waals surface area contributed by atoms with Crippen molar-refractivity contribution in [1.82, 2.24) is 10.2 Å². The molecule has 1 rings (SSSR count). The topological polar surface area (TPSA) is 32.3 Å². The number of thioether (sulfide) groups is 1. The molecule has 0 aromatic heterocycles. The smallest absolute Gasteiger partial charge is 0.317 e. The van der Waals surface area contributed by atoms with E-state index in [0.29, 0.717) is 12.1 Å². The van der Waals surface area contributed by atoms with Crippen LogP contribution in [-0.4, -0.2) is 42.1 Å². The van der Waals surface area contributed by atoms with Crippen LogP contribution in [0.5, 0.6) is 0 Å². The van der Waals surface area contributed by atoms with Crippen LogP contribution >= 0.6 is 11.8 Å². The molecular weight excluding hydrogens is 232 g/mol. The first-order valence-corrected chi connectivity index (χ1v) is 8.10. The molecule has 0 spiro atoms. The summed E-state index contributed by atoms with van der Waals surface area (Å²) in [5.41, 5.74) is 0. The Morgan fingerprint density at radius 2 is 2.06 bits per heavy atom. The van der Waals surface area contributed by atoms with Crippen molar-refractivity contribution >= 4 is 17.8 Å². The summed E-state index contributed by atoms with van der Waals surface area (Å²) in [5.74, 6) is 1.02. The second-order valence-electron chi connectivity index (χ2n) is 4.91. The standard InChI is InChI=1S/C13H26N2OS/c1-4-12(10-17-3)15(2)13(16)14-11-8-6-5-7-9-11/h11-12H,4-10H2,1-3H3,(H,14,16). The van der Waals surface area contributed by atoms with Gasteiger partial charge in [-0.2, -0.15) is 11.8 Å². The molecule has 3 nitrogen and oxygen atoms in total. The first kappa shape index (κ1) is 14.7. The van der Waals surface area contributed by atoms with Gasteiger partial charge in [0.15, 0.2) is 0 Å². The van der Waals surface area contributed by atoms with Crippen molar-refractivity contribution in [3.63, 3.8) is 0 Å². The van der Waals surface area contributed by atoms with E-state index in [-0.39, 0.29) is 6.03 Å². The fraction of sp³-hybridized carbons (Fsp3) is 0.923. The minimum Gasteiger partial charge on any atom is -0.335 e. The van der Waals surface area contributed by atoms with Gasteiger partial charge >= 0.3 is 6.03 Å². The maximum atomic E-state index is 12.1. The van der Waals surface area contributed by atoms with E-state index in [2.05, 4.69) is 18.5 Å². The molecule has 1 fully saturated rings. The molecule has 0 bridgehead atoms. The summed E-state index contributed by atoms with van der Waals surface area (Å²) >= 11 is 1.80. The second-order valence-corrected chi connectivity index (χ2v) is 5.82. The second kappa shape index (κ2) is 7.85. The lowest BCUT2D eigenvalue weighted by molar-refractivity contribution is 0.186. The monoisotopic (exact) mass is 258 g/mol. The molecule has 0 radical (unpaired) electrons. The molecule has 1 saturated carbocycles. The number of carbonyl (C=O) groups is 1. The molecular formula is C13H26N2OS. The van der Waals surface area contributed by atoms with E-state index in [4.69, 9.17) is 0 Å². The minimum atomic E-state index is 0.109. The van der Waals surface area contributed by atoms with Crippen molar-refractivity contribution in [2.45, 2.75) is 57.5 Å². The zero-order chi connectivity index (χ0) is 12.7. The highest BCUT2D eigenvalue weighted by molar-refractivity contribution is 7.98. The Hall–Kier alpha value is -0.380. The Kier molecular flexibility index (Phi) is 6.78. The average molecular weight is 258 g/mol. The molecule has 0 aromatic rings. The summed E-state index contributed by atoms with van der Waals surface area (Å²) in [4.78, 5) is 14.0.